The highest BCUT2D eigenvalue weighted by Gasteiger charge is 2.31. The first kappa shape index (κ1) is 15.3. The van der Waals surface area contributed by atoms with Gasteiger partial charge >= 0.3 is 0 Å². The molecule has 0 aromatic heterocycles. The van der Waals surface area contributed by atoms with E-state index in [0.717, 1.165) is 30.4 Å². The van der Waals surface area contributed by atoms with Gasteiger partial charge in [0, 0.05) is 6.54 Å². The van der Waals surface area contributed by atoms with Crippen LogP contribution in [0.1, 0.15) is 47.7 Å². The average Bonchev–Trinajstić information content (AvgIpc) is 2.42. The average molecular weight is 296 g/mol. The zero-order chi connectivity index (χ0) is 14.9. The number of halogens is 1. The number of aliphatic hydroxyl groups is 1. The van der Waals surface area contributed by atoms with Crippen molar-refractivity contribution in [1.29, 1.82) is 0 Å². The summed E-state index contributed by atoms with van der Waals surface area (Å²) in [7, 11) is 0. The molecule has 20 heavy (non-hydrogen) atoms. The largest absolute Gasteiger partial charge is 0.391 e. The summed E-state index contributed by atoms with van der Waals surface area (Å²) in [6.07, 6.45) is 2.38. The fourth-order valence-corrected chi connectivity index (χ4v) is 3.11. The van der Waals surface area contributed by atoms with Crippen molar-refractivity contribution in [3.8, 4) is 0 Å². The predicted octanol–water partition coefficient (Wildman–Crippen LogP) is 3.33. The van der Waals surface area contributed by atoms with Gasteiger partial charge in [-0.3, -0.25) is 4.79 Å². The summed E-state index contributed by atoms with van der Waals surface area (Å²) in [4.78, 5) is 14.5. The van der Waals surface area contributed by atoms with Gasteiger partial charge in [0.25, 0.3) is 5.91 Å². The van der Waals surface area contributed by atoms with Crippen molar-refractivity contribution in [2.75, 3.05) is 6.54 Å². The zero-order valence-corrected chi connectivity index (χ0v) is 13.1. The first-order valence-corrected chi connectivity index (χ1v) is 7.55. The Balaban J connectivity index is 2.32. The fourth-order valence-electron chi connectivity index (χ4n) is 2.81. The number of rotatable bonds is 2. The molecular formula is C16H22ClNO2. The van der Waals surface area contributed by atoms with Gasteiger partial charge in [-0.15, -0.1) is 0 Å². The van der Waals surface area contributed by atoms with Gasteiger partial charge in [0.1, 0.15) is 0 Å². The van der Waals surface area contributed by atoms with Gasteiger partial charge in [0.05, 0.1) is 22.7 Å². The Morgan fingerprint density at radius 3 is 2.65 bits per heavy atom. The minimum atomic E-state index is -0.510. The number of nitrogens with zero attached hydrogens (tertiary/aromatic N) is 1. The van der Waals surface area contributed by atoms with Gasteiger partial charge in [-0.05, 0) is 63.3 Å². The molecule has 0 saturated carbocycles. The van der Waals surface area contributed by atoms with Crippen LogP contribution < -0.4 is 0 Å². The van der Waals surface area contributed by atoms with Gasteiger partial charge in [-0.2, -0.15) is 0 Å². The van der Waals surface area contributed by atoms with Crippen LogP contribution in [0.5, 0.6) is 0 Å². The summed E-state index contributed by atoms with van der Waals surface area (Å²) in [5.41, 5.74) is 2.68. The third kappa shape index (κ3) is 2.99. The molecule has 4 heteroatoms. The maximum absolute atomic E-state index is 12.7. The predicted molar refractivity (Wildman–Crippen MR) is 81.3 cm³/mol. The molecule has 0 spiro atoms. The maximum Gasteiger partial charge on any atom is 0.255 e. The molecule has 1 heterocycles. The number of benzene rings is 1. The Hall–Kier alpha value is -1.06. The monoisotopic (exact) mass is 295 g/mol. The van der Waals surface area contributed by atoms with E-state index in [2.05, 4.69) is 0 Å². The number of aryl methyl sites for hydroxylation is 2. The number of carbonyl (C=O) groups excluding carboxylic acids is 1. The van der Waals surface area contributed by atoms with Crippen LogP contribution in [0, 0.1) is 13.8 Å². The van der Waals surface area contributed by atoms with Crippen LogP contribution in [-0.4, -0.2) is 34.6 Å². The van der Waals surface area contributed by atoms with Crippen LogP contribution in [0.2, 0.25) is 5.02 Å². The summed E-state index contributed by atoms with van der Waals surface area (Å²) in [5.74, 6) is -0.0660. The third-order valence-electron chi connectivity index (χ3n) is 4.18. The second kappa shape index (κ2) is 6.15. The summed E-state index contributed by atoms with van der Waals surface area (Å²) >= 11 is 6.23. The third-order valence-corrected chi connectivity index (χ3v) is 4.49. The number of aliphatic hydroxyl groups excluding tert-OH is 1. The molecule has 1 aromatic carbocycles. The zero-order valence-electron chi connectivity index (χ0n) is 12.3. The van der Waals surface area contributed by atoms with Crippen molar-refractivity contribution < 1.29 is 9.90 Å². The molecule has 2 atom stereocenters. The minimum Gasteiger partial charge on any atom is -0.391 e. The lowest BCUT2D eigenvalue weighted by Crippen LogP contribution is -2.49. The molecule has 1 amide bonds. The molecule has 1 N–H and O–H groups in total. The number of hydrogen-bond acceptors (Lipinski definition) is 2. The van der Waals surface area contributed by atoms with Crippen LogP contribution in [0.25, 0.3) is 0 Å². The standard InChI is InChI=1S/C16H22ClNO2/c1-10-8-13(14(17)9-11(10)2)16(20)18-7-5-4-6-15(18)12(3)19/h8-9,12,15,19H,4-7H2,1-3H3. The SMILES string of the molecule is Cc1cc(Cl)c(C(=O)N2CCCCC2C(C)O)cc1C. The highest BCUT2D eigenvalue weighted by Crippen LogP contribution is 2.27. The fraction of sp³-hybridized carbons (Fsp3) is 0.562. The molecule has 2 unspecified atom stereocenters. The van der Waals surface area contributed by atoms with Crippen LogP contribution in [-0.2, 0) is 0 Å². The molecule has 1 saturated heterocycles. The van der Waals surface area contributed by atoms with E-state index in [-0.39, 0.29) is 11.9 Å². The molecule has 0 radical (unpaired) electrons. The highest BCUT2D eigenvalue weighted by molar-refractivity contribution is 6.34. The molecule has 2 rings (SSSR count). The molecule has 0 bridgehead atoms. The van der Waals surface area contributed by atoms with Crippen LogP contribution in [0.4, 0.5) is 0 Å². The van der Waals surface area contributed by atoms with Crippen molar-refractivity contribution in [1.82, 2.24) is 4.90 Å². The Morgan fingerprint density at radius 2 is 2.00 bits per heavy atom. The maximum atomic E-state index is 12.7. The highest BCUT2D eigenvalue weighted by atomic mass is 35.5. The number of likely N-dealkylation sites (tertiary alicyclic amines) is 1. The lowest BCUT2D eigenvalue weighted by Gasteiger charge is -2.37. The van der Waals surface area contributed by atoms with Gasteiger partial charge in [-0.1, -0.05) is 11.6 Å². The quantitative estimate of drug-likeness (QED) is 0.909. The molecule has 110 valence electrons. The lowest BCUT2D eigenvalue weighted by atomic mass is 9.96. The van der Waals surface area contributed by atoms with E-state index in [4.69, 9.17) is 11.6 Å². The normalized spacial score (nSPS) is 20.9. The summed E-state index contributed by atoms with van der Waals surface area (Å²) < 4.78 is 0. The van der Waals surface area contributed by atoms with E-state index < -0.39 is 6.10 Å². The molecule has 1 fully saturated rings. The Bertz CT molecular complexity index is 513. The Labute approximate surface area is 125 Å². The van der Waals surface area contributed by atoms with Gasteiger partial charge in [0.2, 0.25) is 0 Å². The van der Waals surface area contributed by atoms with Crippen LogP contribution in [0.15, 0.2) is 12.1 Å². The first-order chi connectivity index (χ1) is 9.41. The van der Waals surface area contributed by atoms with Crippen molar-refractivity contribution in [3.63, 3.8) is 0 Å². The number of hydrogen-bond donors (Lipinski definition) is 1. The summed E-state index contributed by atoms with van der Waals surface area (Å²) in [6.45, 7) is 6.40. The van der Waals surface area contributed by atoms with Crippen molar-refractivity contribution in [2.24, 2.45) is 0 Å². The molecular weight excluding hydrogens is 274 g/mol. The van der Waals surface area contributed by atoms with Crippen molar-refractivity contribution in [3.05, 3.63) is 33.8 Å². The number of carbonyl (C=O) groups is 1. The Kier molecular flexibility index (Phi) is 4.71. The minimum absolute atomic E-state index is 0.0660. The van der Waals surface area contributed by atoms with Crippen molar-refractivity contribution in [2.45, 2.75) is 52.2 Å². The second-order valence-electron chi connectivity index (χ2n) is 5.72. The second-order valence-corrected chi connectivity index (χ2v) is 6.13. The summed E-state index contributed by atoms with van der Waals surface area (Å²) in [6, 6.07) is 3.59. The molecule has 3 nitrogen and oxygen atoms in total. The molecule has 1 aliphatic heterocycles. The molecule has 0 aliphatic carbocycles. The molecule has 1 aromatic rings. The number of amides is 1. The smallest absolute Gasteiger partial charge is 0.255 e. The van der Waals surface area contributed by atoms with Gasteiger partial charge < -0.3 is 10.0 Å². The van der Waals surface area contributed by atoms with Gasteiger partial charge in [-0.25, -0.2) is 0 Å². The van der Waals surface area contributed by atoms with E-state index in [9.17, 15) is 9.90 Å². The van der Waals surface area contributed by atoms with E-state index in [1.165, 1.54) is 0 Å². The van der Waals surface area contributed by atoms with Gasteiger partial charge in [0.15, 0.2) is 0 Å². The van der Waals surface area contributed by atoms with Crippen molar-refractivity contribution >= 4 is 17.5 Å². The van der Waals surface area contributed by atoms with Crippen LogP contribution >= 0.6 is 11.6 Å². The number of piperidine rings is 1. The van der Waals surface area contributed by atoms with E-state index in [0.29, 0.717) is 17.1 Å². The lowest BCUT2D eigenvalue weighted by molar-refractivity contribution is 0.0281. The topological polar surface area (TPSA) is 40.5 Å². The van der Waals surface area contributed by atoms with E-state index in [1.54, 1.807) is 11.8 Å². The Morgan fingerprint density at radius 1 is 1.35 bits per heavy atom. The van der Waals surface area contributed by atoms with E-state index in [1.807, 2.05) is 26.0 Å². The molecule has 1 aliphatic rings. The van der Waals surface area contributed by atoms with E-state index >= 15 is 0 Å². The summed E-state index contributed by atoms with van der Waals surface area (Å²) in [5, 5.41) is 10.4. The first-order valence-electron chi connectivity index (χ1n) is 7.17. The van der Waals surface area contributed by atoms with Crippen LogP contribution in [0.3, 0.4) is 0 Å².